The summed E-state index contributed by atoms with van der Waals surface area (Å²) < 4.78 is 0. The van der Waals surface area contributed by atoms with Crippen molar-refractivity contribution in [2.24, 2.45) is 5.10 Å². The Morgan fingerprint density at radius 3 is 2.64 bits per heavy atom. The summed E-state index contributed by atoms with van der Waals surface area (Å²) >= 11 is 0. The number of rotatable bonds is 5. The quantitative estimate of drug-likeness (QED) is 0.441. The van der Waals surface area contributed by atoms with Gasteiger partial charge < -0.3 is 0 Å². The Bertz CT molecular complexity index is 110. The van der Waals surface area contributed by atoms with Crippen LogP contribution in [0.25, 0.3) is 0 Å². The normalized spacial score (nSPS) is 13.8. The number of hydrogen-bond acceptors (Lipinski definition) is 2. The molecule has 0 radical (unpaired) electrons. The Hall–Kier alpha value is -0.530. The number of hydrogen-bond donors (Lipinski definition) is 0. The van der Waals surface area contributed by atoms with Gasteiger partial charge in [0, 0.05) is 19.3 Å². The third kappa shape index (κ3) is 4.82. The molecule has 0 rings (SSSR count). The second-order valence-electron chi connectivity index (χ2n) is 2.94. The smallest absolute Gasteiger partial charge is 0.0439 e. The fourth-order valence-electron chi connectivity index (χ4n) is 0.982. The van der Waals surface area contributed by atoms with Gasteiger partial charge in [0.05, 0.1) is 0 Å². The zero-order valence-electron chi connectivity index (χ0n) is 8.17. The molecule has 2 nitrogen and oxygen atoms in total. The summed E-state index contributed by atoms with van der Waals surface area (Å²) in [5, 5.41) is 6.21. The Kier molecular flexibility index (Phi) is 5.90. The Labute approximate surface area is 70.3 Å². The van der Waals surface area contributed by atoms with Gasteiger partial charge in [-0.25, -0.2) is 0 Å². The molecule has 0 fully saturated rings. The average molecular weight is 156 g/mol. The summed E-state index contributed by atoms with van der Waals surface area (Å²) in [4.78, 5) is 0. The van der Waals surface area contributed by atoms with Gasteiger partial charge in [0.15, 0.2) is 0 Å². The van der Waals surface area contributed by atoms with Crippen LogP contribution < -0.4 is 0 Å². The van der Waals surface area contributed by atoms with Crippen LogP contribution in [0.3, 0.4) is 0 Å². The molecule has 66 valence electrons. The Balaban J connectivity index is 3.54. The van der Waals surface area contributed by atoms with E-state index in [4.69, 9.17) is 0 Å². The number of hydrazone groups is 1. The summed E-state index contributed by atoms with van der Waals surface area (Å²) in [7, 11) is 2.03. The molecule has 0 heterocycles. The lowest BCUT2D eigenvalue weighted by molar-refractivity contribution is 0.255. The molecule has 0 aromatic carbocycles. The van der Waals surface area contributed by atoms with Gasteiger partial charge in [-0.05, 0) is 20.3 Å². The first kappa shape index (κ1) is 10.5. The van der Waals surface area contributed by atoms with Gasteiger partial charge in [0.25, 0.3) is 0 Å². The second-order valence-corrected chi connectivity index (χ2v) is 2.94. The summed E-state index contributed by atoms with van der Waals surface area (Å²) in [6.45, 7) is 6.38. The highest BCUT2D eigenvalue weighted by Gasteiger charge is 2.03. The van der Waals surface area contributed by atoms with Crippen LogP contribution in [0.4, 0.5) is 0 Å². The van der Waals surface area contributed by atoms with Crippen LogP contribution in [0.2, 0.25) is 0 Å². The maximum atomic E-state index is 4.19. The molecule has 0 aromatic rings. The van der Waals surface area contributed by atoms with E-state index in [0.717, 1.165) is 0 Å². The number of unbranched alkanes of at least 4 members (excludes halogenated alkanes) is 1. The van der Waals surface area contributed by atoms with Crippen molar-refractivity contribution in [3.8, 4) is 0 Å². The zero-order valence-corrected chi connectivity index (χ0v) is 8.17. The van der Waals surface area contributed by atoms with Crippen molar-refractivity contribution in [2.45, 2.75) is 46.1 Å². The lowest BCUT2D eigenvalue weighted by Crippen LogP contribution is -2.23. The molecule has 0 bridgehead atoms. The third-order valence-corrected chi connectivity index (χ3v) is 1.91. The third-order valence-electron chi connectivity index (χ3n) is 1.91. The van der Waals surface area contributed by atoms with Crippen LogP contribution in [0.5, 0.6) is 0 Å². The highest BCUT2D eigenvalue weighted by atomic mass is 15.4. The van der Waals surface area contributed by atoms with E-state index < -0.39 is 0 Å². The lowest BCUT2D eigenvalue weighted by Gasteiger charge is -2.20. The largest absolute Gasteiger partial charge is 0.298 e. The zero-order chi connectivity index (χ0) is 8.69. The van der Waals surface area contributed by atoms with Crippen LogP contribution >= 0.6 is 0 Å². The molecule has 0 aliphatic carbocycles. The minimum absolute atomic E-state index is 0.575. The summed E-state index contributed by atoms with van der Waals surface area (Å²) in [5.41, 5.74) is 0. The minimum atomic E-state index is 0.575. The molecule has 0 aromatic heterocycles. The van der Waals surface area contributed by atoms with Gasteiger partial charge >= 0.3 is 0 Å². The van der Waals surface area contributed by atoms with Crippen LogP contribution in [-0.2, 0) is 0 Å². The molecule has 11 heavy (non-hydrogen) atoms. The fraction of sp³-hybridized carbons (Fsp3) is 0.889. The molecule has 1 atom stereocenters. The number of nitrogens with zero attached hydrogens (tertiary/aromatic N) is 2. The van der Waals surface area contributed by atoms with Crippen LogP contribution in [0, 0.1) is 0 Å². The van der Waals surface area contributed by atoms with Crippen LogP contribution in [0.15, 0.2) is 5.10 Å². The maximum absolute atomic E-state index is 4.19. The van der Waals surface area contributed by atoms with Crippen molar-refractivity contribution < 1.29 is 0 Å². The molecule has 1 unspecified atom stereocenters. The predicted octanol–water partition coefficient (Wildman–Crippen LogP) is 2.50. The summed E-state index contributed by atoms with van der Waals surface area (Å²) in [6, 6.07) is 0.575. The van der Waals surface area contributed by atoms with Crippen molar-refractivity contribution in [1.29, 1.82) is 0 Å². The van der Waals surface area contributed by atoms with Gasteiger partial charge in [-0.1, -0.05) is 19.8 Å². The predicted molar refractivity (Wildman–Crippen MR) is 50.9 cm³/mol. The Morgan fingerprint density at radius 1 is 1.55 bits per heavy atom. The van der Waals surface area contributed by atoms with Gasteiger partial charge in [-0.3, -0.25) is 5.01 Å². The maximum Gasteiger partial charge on any atom is 0.0439 e. The summed E-state index contributed by atoms with van der Waals surface area (Å²) in [6.07, 6.45) is 5.64. The van der Waals surface area contributed by atoms with Crippen molar-refractivity contribution in [2.75, 3.05) is 7.05 Å². The highest BCUT2D eigenvalue weighted by molar-refractivity contribution is 5.52. The molecule has 0 aliphatic rings. The SMILES string of the molecule is CC=NN(C)C(C)CCCC. The highest BCUT2D eigenvalue weighted by Crippen LogP contribution is 2.05. The van der Waals surface area contributed by atoms with Crippen molar-refractivity contribution in [3.05, 3.63) is 0 Å². The minimum Gasteiger partial charge on any atom is -0.298 e. The molecule has 0 aliphatic heterocycles. The van der Waals surface area contributed by atoms with E-state index in [9.17, 15) is 0 Å². The first-order chi connectivity index (χ1) is 5.22. The van der Waals surface area contributed by atoms with E-state index in [1.54, 1.807) is 0 Å². The monoisotopic (exact) mass is 156 g/mol. The van der Waals surface area contributed by atoms with E-state index in [0.29, 0.717) is 6.04 Å². The van der Waals surface area contributed by atoms with Gasteiger partial charge in [0.1, 0.15) is 0 Å². The molecule has 0 saturated carbocycles. The average Bonchev–Trinajstić information content (AvgIpc) is 2.00. The molecular formula is C9H20N2. The van der Waals surface area contributed by atoms with Crippen molar-refractivity contribution in [1.82, 2.24) is 5.01 Å². The van der Waals surface area contributed by atoms with Gasteiger partial charge in [0.2, 0.25) is 0 Å². The molecule has 2 heteroatoms. The van der Waals surface area contributed by atoms with Crippen LogP contribution in [-0.4, -0.2) is 24.3 Å². The first-order valence-corrected chi connectivity index (χ1v) is 4.43. The first-order valence-electron chi connectivity index (χ1n) is 4.43. The molecule has 0 spiro atoms. The van der Waals surface area contributed by atoms with Crippen molar-refractivity contribution >= 4 is 6.21 Å². The van der Waals surface area contributed by atoms with E-state index in [-0.39, 0.29) is 0 Å². The Morgan fingerprint density at radius 2 is 2.18 bits per heavy atom. The summed E-state index contributed by atoms with van der Waals surface area (Å²) in [5.74, 6) is 0. The molecule has 0 saturated heterocycles. The molecular weight excluding hydrogens is 136 g/mol. The van der Waals surface area contributed by atoms with E-state index >= 15 is 0 Å². The standard InChI is InChI=1S/C9H20N2/c1-5-7-8-9(3)11(4)10-6-2/h6,9H,5,7-8H2,1-4H3. The topological polar surface area (TPSA) is 15.6 Å². The lowest BCUT2D eigenvalue weighted by atomic mass is 10.1. The second kappa shape index (κ2) is 6.20. The van der Waals surface area contributed by atoms with E-state index in [1.165, 1.54) is 19.3 Å². The van der Waals surface area contributed by atoms with Crippen LogP contribution in [0.1, 0.15) is 40.0 Å². The molecule has 0 N–H and O–H groups in total. The van der Waals surface area contributed by atoms with E-state index in [2.05, 4.69) is 18.9 Å². The van der Waals surface area contributed by atoms with Gasteiger partial charge in [-0.15, -0.1) is 0 Å². The van der Waals surface area contributed by atoms with E-state index in [1.807, 2.05) is 25.2 Å². The fourth-order valence-corrected chi connectivity index (χ4v) is 0.982. The van der Waals surface area contributed by atoms with Crippen molar-refractivity contribution in [3.63, 3.8) is 0 Å². The van der Waals surface area contributed by atoms with Gasteiger partial charge in [-0.2, -0.15) is 5.10 Å². The molecule has 0 amide bonds.